The second-order valence-electron chi connectivity index (χ2n) is 5.39. The van der Waals surface area contributed by atoms with Crippen LogP contribution in [0.15, 0.2) is 23.9 Å². The predicted molar refractivity (Wildman–Crippen MR) is 76.7 cm³/mol. The summed E-state index contributed by atoms with van der Waals surface area (Å²) < 4.78 is 77.9. The van der Waals surface area contributed by atoms with Crippen LogP contribution in [0.1, 0.15) is 16.7 Å². The molecule has 2 rings (SSSR count). The third-order valence-corrected chi connectivity index (χ3v) is 3.64. The number of hydrogen-bond donors (Lipinski definition) is 2. The number of aliphatic hydroxyl groups excluding tert-OH is 1. The molecule has 1 heterocycles. The number of β-amino-alcohol motifs (C(OH)–C–C–N with tert-alkyl or cyclic N) is 1. The van der Waals surface area contributed by atoms with Gasteiger partial charge in [-0.1, -0.05) is 0 Å². The fourth-order valence-electron chi connectivity index (χ4n) is 2.36. The maximum Gasteiger partial charge on any atom is 0.416 e. The molecular weight excluding hydrogens is 370 g/mol. The number of imide groups is 1. The summed E-state index contributed by atoms with van der Waals surface area (Å²) in [7, 11) is 0. The van der Waals surface area contributed by atoms with Gasteiger partial charge in [-0.2, -0.15) is 26.3 Å². The minimum atomic E-state index is -5.05. The number of anilines is 1. The molecule has 26 heavy (non-hydrogen) atoms. The molecule has 142 valence electrons. The molecule has 0 spiro atoms. The fourth-order valence-corrected chi connectivity index (χ4v) is 2.36. The van der Waals surface area contributed by atoms with Crippen molar-refractivity contribution in [3.63, 3.8) is 0 Å². The van der Waals surface area contributed by atoms with Crippen LogP contribution in [0.4, 0.5) is 32.0 Å². The monoisotopic (exact) mass is 382 g/mol. The smallest absolute Gasteiger partial charge is 0.395 e. The lowest BCUT2D eigenvalue weighted by Gasteiger charge is -2.19. The van der Waals surface area contributed by atoms with Gasteiger partial charge in [0.15, 0.2) is 0 Å². The number of hydrogen-bond acceptors (Lipinski definition) is 4. The van der Waals surface area contributed by atoms with Crippen molar-refractivity contribution in [3.8, 4) is 0 Å². The van der Waals surface area contributed by atoms with E-state index in [0.29, 0.717) is 11.0 Å². The minimum absolute atomic E-state index is 0.0193. The van der Waals surface area contributed by atoms with Crippen LogP contribution in [-0.2, 0) is 21.9 Å². The Balaban J connectivity index is 2.48. The SMILES string of the molecule is Cc1c(NC2=CC(=O)N(CCO)C2=O)cc(C(F)(F)F)cc1C(F)(F)F. The van der Waals surface area contributed by atoms with Crippen molar-refractivity contribution in [3.05, 3.63) is 40.6 Å². The van der Waals surface area contributed by atoms with Crippen LogP contribution in [0.3, 0.4) is 0 Å². The van der Waals surface area contributed by atoms with Crippen LogP contribution >= 0.6 is 0 Å². The number of halogens is 6. The zero-order valence-corrected chi connectivity index (χ0v) is 13.1. The predicted octanol–water partition coefficient (Wildman–Crippen LogP) is 2.69. The number of amides is 2. The number of nitrogens with zero attached hydrogens (tertiary/aromatic N) is 1. The molecule has 1 aliphatic rings. The first-order valence-corrected chi connectivity index (χ1v) is 7.10. The van der Waals surface area contributed by atoms with E-state index in [0.717, 1.165) is 13.0 Å². The number of alkyl halides is 6. The van der Waals surface area contributed by atoms with E-state index in [1.807, 2.05) is 0 Å². The number of benzene rings is 1. The summed E-state index contributed by atoms with van der Waals surface area (Å²) in [5.41, 5.74) is -4.72. The van der Waals surface area contributed by atoms with Crippen molar-refractivity contribution in [2.45, 2.75) is 19.3 Å². The van der Waals surface area contributed by atoms with Crippen LogP contribution in [0.25, 0.3) is 0 Å². The van der Waals surface area contributed by atoms with E-state index in [9.17, 15) is 35.9 Å². The summed E-state index contributed by atoms with van der Waals surface area (Å²) in [5, 5.41) is 11.0. The number of rotatable bonds is 4. The van der Waals surface area contributed by atoms with E-state index >= 15 is 0 Å². The molecule has 11 heteroatoms. The average Bonchev–Trinajstić information content (AvgIpc) is 2.75. The van der Waals surface area contributed by atoms with Crippen molar-refractivity contribution in [1.29, 1.82) is 0 Å². The highest BCUT2D eigenvalue weighted by Gasteiger charge is 2.39. The summed E-state index contributed by atoms with van der Waals surface area (Å²) in [6.07, 6.45) is -9.35. The van der Waals surface area contributed by atoms with Crippen LogP contribution in [-0.4, -0.2) is 35.0 Å². The molecular formula is C15H12F6N2O3. The molecule has 0 atom stereocenters. The summed E-state index contributed by atoms with van der Waals surface area (Å²) >= 11 is 0. The Labute approximate surface area is 142 Å². The molecule has 1 aromatic carbocycles. The van der Waals surface area contributed by atoms with Crippen LogP contribution in [0.5, 0.6) is 0 Å². The van der Waals surface area contributed by atoms with Gasteiger partial charge in [0.1, 0.15) is 5.70 Å². The zero-order chi connectivity index (χ0) is 19.9. The average molecular weight is 382 g/mol. The van der Waals surface area contributed by atoms with E-state index < -0.39 is 58.8 Å². The minimum Gasteiger partial charge on any atom is -0.395 e. The van der Waals surface area contributed by atoms with E-state index in [1.54, 1.807) is 0 Å². The number of carbonyl (C=O) groups excluding carboxylic acids is 2. The summed E-state index contributed by atoms with van der Waals surface area (Å²) in [4.78, 5) is 24.2. The topological polar surface area (TPSA) is 69.6 Å². The molecule has 2 N–H and O–H groups in total. The second kappa shape index (κ2) is 6.63. The highest BCUT2D eigenvalue weighted by Crippen LogP contribution is 2.40. The first kappa shape index (κ1) is 19.8. The lowest BCUT2D eigenvalue weighted by molar-refractivity contribution is -0.143. The Kier molecular flexibility index (Phi) is 5.04. The standard InChI is InChI=1S/C15H12F6N2O3/c1-7-9(15(19,20)21)4-8(14(16,17)18)5-10(7)22-11-6-12(25)23(2-3-24)13(11)26/h4-6,22,24H,2-3H2,1H3. The fraction of sp³-hybridized carbons (Fsp3) is 0.333. The number of nitrogens with one attached hydrogen (secondary N) is 1. The van der Waals surface area contributed by atoms with Gasteiger partial charge in [-0.25, -0.2) is 0 Å². The Bertz CT molecular complexity index is 783. The van der Waals surface area contributed by atoms with Crippen molar-refractivity contribution >= 4 is 17.5 Å². The van der Waals surface area contributed by atoms with Gasteiger partial charge in [0.05, 0.1) is 24.3 Å². The Hall–Kier alpha value is -2.56. The third-order valence-electron chi connectivity index (χ3n) is 3.64. The zero-order valence-electron chi connectivity index (χ0n) is 13.1. The molecule has 0 radical (unpaired) electrons. The third kappa shape index (κ3) is 3.82. The van der Waals surface area contributed by atoms with Gasteiger partial charge in [-0.05, 0) is 24.6 Å². The van der Waals surface area contributed by atoms with Gasteiger partial charge >= 0.3 is 12.4 Å². The van der Waals surface area contributed by atoms with Crippen LogP contribution in [0.2, 0.25) is 0 Å². The lowest BCUT2D eigenvalue weighted by atomic mass is 10.0. The normalized spacial score (nSPS) is 15.5. The molecule has 0 bridgehead atoms. The Morgan fingerprint density at radius 3 is 2.19 bits per heavy atom. The van der Waals surface area contributed by atoms with Crippen LogP contribution in [0, 0.1) is 6.92 Å². The van der Waals surface area contributed by atoms with Crippen molar-refractivity contribution in [2.75, 3.05) is 18.5 Å². The summed E-state index contributed by atoms with van der Waals surface area (Å²) in [6.45, 7) is 0.0484. The molecule has 0 aromatic heterocycles. The molecule has 0 saturated carbocycles. The van der Waals surface area contributed by atoms with Gasteiger partial charge in [0.2, 0.25) is 0 Å². The van der Waals surface area contributed by atoms with Gasteiger partial charge < -0.3 is 10.4 Å². The molecule has 1 aromatic rings. The lowest BCUT2D eigenvalue weighted by Crippen LogP contribution is -2.34. The van der Waals surface area contributed by atoms with Gasteiger partial charge in [-0.15, -0.1) is 0 Å². The molecule has 0 unspecified atom stereocenters. The molecule has 0 aliphatic carbocycles. The maximum absolute atomic E-state index is 13.0. The second-order valence-corrected chi connectivity index (χ2v) is 5.39. The van der Waals surface area contributed by atoms with E-state index in [-0.39, 0.29) is 12.6 Å². The highest BCUT2D eigenvalue weighted by atomic mass is 19.4. The molecule has 1 aliphatic heterocycles. The molecule has 2 amide bonds. The summed E-state index contributed by atoms with van der Waals surface area (Å²) in [5.74, 6) is -1.80. The molecule has 5 nitrogen and oxygen atoms in total. The Morgan fingerprint density at radius 2 is 1.69 bits per heavy atom. The highest BCUT2D eigenvalue weighted by molar-refractivity contribution is 6.17. The number of carbonyl (C=O) groups is 2. The van der Waals surface area contributed by atoms with E-state index in [2.05, 4.69) is 5.32 Å². The van der Waals surface area contributed by atoms with Crippen molar-refractivity contribution < 1.29 is 41.0 Å². The first-order chi connectivity index (χ1) is 11.9. The first-order valence-electron chi connectivity index (χ1n) is 7.10. The van der Waals surface area contributed by atoms with Gasteiger partial charge in [0.25, 0.3) is 11.8 Å². The number of aliphatic hydroxyl groups is 1. The van der Waals surface area contributed by atoms with Crippen molar-refractivity contribution in [1.82, 2.24) is 4.90 Å². The van der Waals surface area contributed by atoms with E-state index in [1.165, 1.54) is 0 Å². The maximum atomic E-state index is 13.0. The molecule has 0 fully saturated rings. The quantitative estimate of drug-likeness (QED) is 0.621. The Morgan fingerprint density at radius 1 is 1.08 bits per heavy atom. The van der Waals surface area contributed by atoms with Crippen LogP contribution < -0.4 is 5.32 Å². The summed E-state index contributed by atoms with van der Waals surface area (Å²) in [6, 6.07) is 0.409. The van der Waals surface area contributed by atoms with E-state index in [4.69, 9.17) is 5.11 Å². The molecule has 0 saturated heterocycles. The largest absolute Gasteiger partial charge is 0.416 e. The van der Waals surface area contributed by atoms with Crippen molar-refractivity contribution in [2.24, 2.45) is 0 Å². The van der Waals surface area contributed by atoms with Gasteiger partial charge in [-0.3, -0.25) is 14.5 Å². The van der Waals surface area contributed by atoms with Gasteiger partial charge in [0, 0.05) is 11.8 Å².